The van der Waals surface area contributed by atoms with Crippen molar-refractivity contribution in [3.05, 3.63) is 59.4 Å². The van der Waals surface area contributed by atoms with Gasteiger partial charge in [0, 0.05) is 5.69 Å². The summed E-state index contributed by atoms with van der Waals surface area (Å²) in [5, 5.41) is 1.98. The number of amides is 1. The minimum absolute atomic E-state index is 0.167. The van der Waals surface area contributed by atoms with Crippen molar-refractivity contribution >= 4 is 17.3 Å². The first-order valence-corrected chi connectivity index (χ1v) is 5.29. The predicted octanol–water partition coefficient (Wildman–Crippen LogP) is 2.94. The van der Waals surface area contributed by atoms with Crippen LogP contribution in [0.25, 0.3) is 0 Å². The zero-order chi connectivity index (χ0) is 14.0. The SMILES string of the molecule is Nc1ccc(F)c(C(=O)Nc2c(F)cccc2F)c1. The molecule has 0 unspecified atom stereocenters. The molecule has 2 aromatic carbocycles. The van der Waals surface area contributed by atoms with Crippen molar-refractivity contribution in [1.82, 2.24) is 0 Å². The van der Waals surface area contributed by atoms with Gasteiger partial charge in [-0.25, -0.2) is 13.2 Å². The summed E-state index contributed by atoms with van der Waals surface area (Å²) >= 11 is 0. The van der Waals surface area contributed by atoms with Crippen molar-refractivity contribution < 1.29 is 18.0 Å². The number of carbonyl (C=O) groups is 1. The van der Waals surface area contributed by atoms with Gasteiger partial charge in [0.25, 0.3) is 5.91 Å². The predicted molar refractivity (Wildman–Crippen MR) is 65.1 cm³/mol. The van der Waals surface area contributed by atoms with Gasteiger partial charge in [-0.15, -0.1) is 0 Å². The molecule has 0 bridgehead atoms. The Morgan fingerprint density at radius 2 is 1.63 bits per heavy atom. The van der Waals surface area contributed by atoms with Gasteiger partial charge in [0.05, 0.1) is 5.56 Å². The number of benzene rings is 2. The van der Waals surface area contributed by atoms with Crippen LogP contribution in [0, 0.1) is 17.5 Å². The number of para-hydroxylation sites is 1. The molecule has 2 aromatic rings. The fourth-order valence-electron chi connectivity index (χ4n) is 1.51. The Morgan fingerprint density at radius 3 is 2.26 bits per heavy atom. The summed E-state index contributed by atoms with van der Waals surface area (Å²) < 4.78 is 40.1. The fourth-order valence-corrected chi connectivity index (χ4v) is 1.51. The molecule has 0 aromatic heterocycles. The highest BCUT2D eigenvalue weighted by molar-refractivity contribution is 6.05. The third-order valence-corrected chi connectivity index (χ3v) is 2.44. The van der Waals surface area contributed by atoms with Crippen molar-refractivity contribution in [3.8, 4) is 0 Å². The molecular formula is C13H9F3N2O. The molecule has 0 aliphatic carbocycles. The highest BCUT2D eigenvalue weighted by Gasteiger charge is 2.16. The number of halogens is 3. The van der Waals surface area contributed by atoms with Crippen LogP contribution in [0.15, 0.2) is 36.4 Å². The van der Waals surface area contributed by atoms with Crippen LogP contribution in [0.1, 0.15) is 10.4 Å². The molecule has 0 saturated heterocycles. The Balaban J connectivity index is 2.34. The van der Waals surface area contributed by atoms with Crippen molar-refractivity contribution in [3.63, 3.8) is 0 Å². The monoisotopic (exact) mass is 266 g/mol. The maximum atomic E-state index is 13.4. The number of hydrogen-bond donors (Lipinski definition) is 2. The van der Waals surface area contributed by atoms with Crippen molar-refractivity contribution in [2.45, 2.75) is 0 Å². The number of anilines is 2. The van der Waals surface area contributed by atoms with Crippen molar-refractivity contribution in [2.24, 2.45) is 0 Å². The highest BCUT2D eigenvalue weighted by Crippen LogP contribution is 2.20. The fraction of sp³-hybridized carbons (Fsp3) is 0. The summed E-state index contributed by atoms with van der Waals surface area (Å²) in [5.41, 5.74) is 4.57. The van der Waals surface area contributed by atoms with E-state index in [1.54, 1.807) is 0 Å². The summed E-state index contributed by atoms with van der Waals surface area (Å²) in [6, 6.07) is 6.48. The minimum Gasteiger partial charge on any atom is -0.399 e. The standard InChI is InChI=1S/C13H9F3N2O/c14-9-5-4-7(17)6-8(9)13(19)18-12-10(15)2-1-3-11(12)16/h1-6H,17H2,(H,18,19). The summed E-state index contributed by atoms with van der Waals surface area (Å²) in [5.74, 6) is -3.70. The molecule has 19 heavy (non-hydrogen) atoms. The van der Waals surface area contributed by atoms with E-state index in [2.05, 4.69) is 0 Å². The molecule has 0 radical (unpaired) electrons. The van der Waals surface area contributed by atoms with Crippen molar-refractivity contribution in [2.75, 3.05) is 11.1 Å². The van der Waals surface area contributed by atoms with Crippen molar-refractivity contribution in [1.29, 1.82) is 0 Å². The van der Waals surface area contributed by atoms with E-state index >= 15 is 0 Å². The van der Waals surface area contributed by atoms with Gasteiger partial charge in [0.1, 0.15) is 23.1 Å². The second kappa shape index (κ2) is 5.01. The molecule has 0 saturated carbocycles. The first-order chi connectivity index (χ1) is 8.99. The molecule has 98 valence electrons. The number of nitrogens with one attached hydrogen (secondary N) is 1. The summed E-state index contributed by atoms with van der Waals surface area (Å²) in [4.78, 5) is 11.8. The smallest absolute Gasteiger partial charge is 0.258 e. The average Bonchev–Trinajstić information content (AvgIpc) is 2.37. The summed E-state index contributed by atoms with van der Waals surface area (Å²) in [6.45, 7) is 0. The van der Waals surface area contributed by atoms with Crippen LogP contribution in [0.2, 0.25) is 0 Å². The van der Waals surface area contributed by atoms with Crippen LogP contribution in [0.4, 0.5) is 24.5 Å². The van der Waals surface area contributed by atoms with Gasteiger partial charge in [-0.05, 0) is 30.3 Å². The van der Waals surface area contributed by atoms with Gasteiger partial charge in [0.15, 0.2) is 0 Å². The lowest BCUT2D eigenvalue weighted by molar-refractivity contribution is 0.102. The van der Waals surface area contributed by atoms with Crippen LogP contribution < -0.4 is 11.1 Å². The molecule has 0 aliphatic rings. The van der Waals surface area contributed by atoms with Crippen LogP contribution in [-0.4, -0.2) is 5.91 Å². The molecule has 6 heteroatoms. The van der Waals surface area contributed by atoms with E-state index in [1.807, 2.05) is 5.32 Å². The average molecular weight is 266 g/mol. The first kappa shape index (κ1) is 12.9. The second-order valence-corrected chi connectivity index (χ2v) is 3.79. The van der Waals surface area contributed by atoms with E-state index in [0.717, 1.165) is 30.3 Å². The summed E-state index contributed by atoms with van der Waals surface area (Å²) in [7, 11) is 0. The van der Waals surface area contributed by atoms with E-state index in [-0.39, 0.29) is 11.3 Å². The van der Waals surface area contributed by atoms with E-state index in [1.165, 1.54) is 6.07 Å². The Labute approximate surface area is 106 Å². The maximum absolute atomic E-state index is 13.4. The van der Waals surface area contributed by atoms with Gasteiger partial charge >= 0.3 is 0 Å². The molecule has 3 N–H and O–H groups in total. The molecule has 0 atom stereocenters. The molecule has 2 rings (SSSR count). The summed E-state index contributed by atoms with van der Waals surface area (Å²) in [6.07, 6.45) is 0. The Kier molecular flexibility index (Phi) is 3.41. The van der Waals surface area contributed by atoms with Crippen LogP contribution in [0.5, 0.6) is 0 Å². The van der Waals surface area contributed by atoms with Gasteiger partial charge in [-0.2, -0.15) is 0 Å². The molecule has 0 heterocycles. The van der Waals surface area contributed by atoms with Crippen LogP contribution >= 0.6 is 0 Å². The zero-order valence-corrected chi connectivity index (χ0v) is 9.58. The number of nitrogens with two attached hydrogens (primary N) is 1. The van der Waals surface area contributed by atoms with Gasteiger partial charge in [-0.3, -0.25) is 4.79 Å². The van der Waals surface area contributed by atoms with E-state index in [0.29, 0.717) is 0 Å². The van der Waals surface area contributed by atoms with E-state index in [9.17, 15) is 18.0 Å². The number of nitrogen functional groups attached to an aromatic ring is 1. The normalized spacial score (nSPS) is 10.3. The molecular weight excluding hydrogens is 257 g/mol. The van der Waals surface area contributed by atoms with Crippen LogP contribution in [-0.2, 0) is 0 Å². The number of rotatable bonds is 2. The highest BCUT2D eigenvalue weighted by atomic mass is 19.1. The molecule has 0 fully saturated rings. The quantitative estimate of drug-likeness (QED) is 0.821. The minimum atomic E-state index is -0.978. The maximum Gasteiger partial charge on any atom is 0.258 e. The largest absolute Gasteiger partial charge is 0.399 e. The third-order valence-electron chi connectivity index (χ3n) is 2.44. The lowest BCUT2D eigenvalue weighted by Gasteiger charge is -2.08. The molecule has 1 amide bonds. The Bertz CT molecular complexity index is 624. The number of carbonyl (C=O) groups excluding carboxylic acids is 1. The Hall–Kier alpha value is -2.50. The molecule has 3 nitrogen and oxygen atoms in total. The second-order valence-electron chi connectivity index (χ2n) is 3.79. The third kappa shape index (κ3) is 2.67. The van der Waals surface area contributed by atoms with E-state index in [4.69, 9.17) is 5.73 Å². The first-order valence-electron chi connectivity index (χ1n) is 5.29. The van der Waals surface area contributed by atoms with Gasteiger partial charge < -0.3 is 11.1 Å². The molecule has 0 aliphatic heterocycles. The lowest BCUT2D eigenvalue weighted by atomic mass is 10.1. The Morgan fingerprint density at radius 1 is 1.00 bits per heavy atom. The topological polar surface area (TPSA) is 55.1 Å². The van der Waals surface area contributed by atoms with E-state index < -0.39 is 29.0 Å². The van der Waals surface area contributed by atoms with Crippen LogP contribution in [0.3, 0.4) is 0 Å². The zero-order valence-electron chi connectivity index (χ0n) is 9.58. The van der Waals surface area contributed by atoms with Gasteiger partial charge in [0.2, 0.25) is 0 Å². The van der Waals surface area contributed by atoms with Gasteiger partial charge in [-0.1, -0.05) is 6.07 Å². The lowest BCUT2D eigenvalue weighted by Crippen LogP contribution is -2.16. The molecule has 0 spiro atoms. The number of hydrogen-bond acceptors (Lipinski definition) is 2.